The van der Waals surface area contributed by atoms with Crippen molar-refractivity contribution in [3.8, 4) is 11.4 Å². The lowest BCUT2D eigenvalue weighted by atomic mass is 10.2. The molecular formula is C24H24N4O2. The molecule has 4 aromatic rings. The minimum atomic E-state index is -0.126. The van der Waals surface area contributed by atoms with Crippen molar-refractivity contribution < 1.29 is 9.53 Å². The minimum absolute atomic E-state index is 0.126. The van der Waals surface area contributed by atoms with Gasteiger partial charge in [0.25, 0.3) is 5.91 Å². The van der Waals surface area contributed by atoms with Gasteiger partial charge in [0, 0.05) is 18.1 Å². The molecule has 4 rings (SSSR count). The monoisotopic (exact) mass is 400 g/mol. The number of hydrogen-bond donors (Lipinski definition) is 1. The van der Waals surface area contributed by atoms with Gasteiger partial charge in [-0.25, -0.2) is 4.68 Å². The van der Waals surface area contributed by atoms with Gasteiger partial charge >= 0.3 is 0 Å². The van der Waals surface area contributed by atoms with Crippen LogP contribution in [0.1, 0.15) is 28.0 Å². The van der Waals surface area contributed by atoms with Crippen LogP contribution in [0.25, 0.3) is 16.6 Å². The quantitative estimate of drug-likeness (QED) is 0.471. The molecule has 2 aromatic heterocycles. The molecule has 6 nitrogen and oxygen atoms in total. The number of aryl methyl sites for hydroxylation is 1. The first-order valence-corrected chi connectivity index (χ1v) is 10.0. The maximum atomic E-state index is 12.6. The van der Waals surface area contributed by atoms with Crippen LogP contribution in [-0.4, -0.2) is 33.8 Å². The van der Waals surface area contributed by atoms with Crippen molar-refractivity contribution in [2.75, 3.05) is 13.2 Å². The molecule has 0 aliphatic heterocycles. The van der Waals surface area contributed by atoms with E-state index in [1.165, 1.54) is 0 Å². The number of fused-ring (bicyclic) bond motifs is 1. The number of nitrogens with zero attached hydrogens (tertiary/aromatic N) is 3. The molecule has 0 atom stereocenters. The number of aromatic nitrogens is 3. The van der Waals surface area contributed by atoms with Crippen molar-refractivity contribution in [3.05, 3.63) is 83.8 Å². The number of rotatable bonds is 7. The fourth-order valence-corrected chi connectivity index (χ4v) is 3.42. The fourth-order valence-electron chi connectivity index (χ4n) is 3.42. The van der Waals surface area contributed by atoms with Gasteiger partial charge in [-0.3, -0.25) is 9.78 Å². The zero-order chi connectivity index (χ0) is 20.9. The highest BCUT2D eigenvalue weighted by molar-refractivity contribution is 5.95. The van der Waals surface area contributed by atoms with Gasteiger partial charge in [0.2, 0.25) is 0 Å². The summed E-state index contributed by atoms with van der Waals surface area (Å²) in [5.74, 6) is 0.633. The number of para-hydroxylation sites is 2. The van der Waals surface area contributed by atoms with Crippen LogP contribution >= 0.6 is 0 Å². The van der Waals surface area contributed by atoms with Crippen molar-refractivity contribution in [1.82, 2.24) is 20.1 Å². The van der Waals surface area contributed by atoms with Crippen LogP contribution in [0.5, 0.6) is 5.75 Å². The van der Waals surface area contributed by atoms with E-state index in [9.17, 15) is 4.79 Å². The summed E-state index contributed by atoms with van der Waals surface area (Å²) in [5, 5.41) is 8.41. The Hall–Kier alpha value is -3.67. The molecule has 1 amide bonds. The van der Waals surface area contributed by atoms with E-state index < -0.39 is 0 Å². The molecule has 0 bridgehead atoms. The number of hydrogen-bond acceptors (Lipinski definition) is 4. The Morgan fingerprint density at radius 3 is 2.77 bits per heavy atom. The van der Waals surface area contributed by atoms with Crippen LogP contribution in [0.4, 0.5) is 0 Å². The van der Waals surface area contributed by atoms with Crippen LogP contribution in [0.2, 0.25) is 0 Å². The van der Waals surface area contributed by atoms with E-state index in [1.54, 1.807) is 17.1 Å². The molecule has 1 N–H and O–H groups in total. The maximum absolute atomic E-state index is 12.6. The van der Waals surface area contributed by atoms with Crippen LogP contribution in [-0.2, 0) is 0 Å². The van der Waals surface area contributed by atoms with E-state index >= 15 is 0 Å². The lowest BCUT2D eigenvalue weighted by molar-refractivity contribution is 0.0951. The van der Waals surface area contributed by atoms with Crippen molar-refractivity contribution >= 4 is 16.8 Å². The van der Waals surface area contributed by atoms with E-state index in [2.05, 4.69) is 15.4 Å². The summed E-state index contributed by atoms with van der Waals surface area (Å²) in [6.45, 7) is 4.95. The van der Waals surface area contributed by atoms with Crippen molar-refractivity contribution in [1.29, 1.82) is 0 Å². The average molecular weight is 400 g/mol. The predicted molar refractivity (Wildman–Crippen MR) is 117 cm³/mol. The first kappa shape index (κ1) is 19.6. The minimum Gasteiger partial charge on any atom is -0.491 e. The first-order chi connectivity index (χ1) is 14.6. The number of ether oxygens (including phenoxy) is 1. The lowest BCUT2D eigenvalue weighted by Crippen LogP contribution is -2.26. The Morgan fingerprint density at radius 1 is 1.07 bits per heavy atom. The number of carbonyl (C=O) groups is 1. The third-order valence-corrected chi connectivity index (χ3v) is 5.06. The number of nitrogens with one attached hydrogen (secondary N) is 1. The van der Waals surface area contributed by atoms with Gasteiger partial charge in [-0.1, -0.05) is 36.4 Å². The van der Waals surface area contributed by atoms with Crippen molar-refractivity contribution in [3.63, 3.8) is 0 Å². The molecule has 0 aliphatic carbocycles. The summed E-state index contributed by atoms with van der Waals surface area (Å²) in [4.78, 5) is 17.0. The zero-order valence-corrected chi connectivity index (χ0v) is 17.1. The highest BCUT2D eigenvalue weighted by Gasteiger charge is 2.15. The second-order valence-electron chi connectivity index (χ2n) is 7.13. The molecule has 6 heteroatoms. The lowest BCUT2D eigenvalue weighted by Gasteiger charge is -2.10. The molecule has 0 aliphatic rings. The van der Waals surface area contributed by atoms with E-state index in [4.69, 9.17) is 4.74 Å². The summed E-state index contributed by atoms with van der Waals surface area (Å²) in [6, 6.07) is 17.8. The van der Waals surface area contributed by atoms with E-state index in [0.29, 0.717) is 25.1 Å². The highest BCUT2D eigenvalue weighted by atomic mass is 16.5. The van der Waals surface area contributed by atoms with Crippen molar-refractivity contribution in [2.45, 2.75) is 20.3 Å². The number of pyridine rings is 1. The standard InChI is InChI=1S/C24H24N4O2/c1-17-8-3-4-11-21(17)28-18(2)20(16-27-28)24(29)26-14-7-15-30-22-12-5-9-19-10-6-13-25-23(19)22/h3-6,8-13,16H,7,14-15H2,1-2H3,(H,26,29). The summed E-state index contributed by atoms with van der Waals surface area (Å²) < 4.78 is 7.68. The second kappa shape index (κ2) is 8.78. The molecule has 30 heavy (non-hydrogen) atoms. The molecular weight excluding hydrogens is 376 g/mol. The Kier molecular flexibility index (Phi) is 5.75. The van der Waals surface area contributed by atoms with Gasteiger partial charge in [0.1, 0.15) is 11.3 Å². The molecule has 0 saturated carbocycles. The molecule has 152 valence electrons. The van der Waals surface area contributed by atoms with Gasteiger partial charge in [0.15, 0.2) is 0 Å². The molecule has 0 radical (unpaired) electrons. The van der Waals surface area contributed by atoms with Gasteiger partial charge in [0.05, 0.1) is 29.7 Å². The molecule has 0 saturated heterocycles. The summed E-state index contributed by atoms with van der Waals surface area (Å²) in [5.41, 5.74) is 4.34. The highest BCUT2D eigenvalue weighted by Crippen LogP contribution is 2.23. The molecule has 2 aromatic carbocycles. The van der Waals surface area contributed by atoms with Crippen LogP contribution in [0, 0.1) is 13.8 Å². The number of amides is 1. The van der Waals surface area contributed by atoms with Gasteiger partial charge in [-0.05, 0) is 44.0 Å². The average Bonchev–Trinajstić information content (AvgIpc) is 3.15. The second-order valence-corrected chi connectivity index (χ2v) is 7.13. The van der Waals surface area contributed by atoms with Gasteiger partial charge in [-0.2, -0.15) is 5.10 Å². The summed E-state index contributed by atoms with van der Waals surface area (Å²) in [7, 11) is 0. The molecule has 0 spiro atoms. The van der Waals surface area contributed by atoms with Crippen LogP contribution in [0.3, 0.4) is 0 Å². The predicted octanol–water partition coefficient (Wildman–Crippen LogP) is 4.24. The number of benzene rings is 2. The Morgan fingerprint density at radius 2 is 1.90 bits per heavy atom. The van der Waals surface area contributed by atoms with E-state index in [0.717, 1.165) is 33.6 Å². The third-order valence-electron chi connectivity index (χ3n) is 5.06. The van der Waals surface area contributed by atoms with Gasteiger partial charge < -0.3 is 10.1 Å². The zero-order valence-electron chi connectivity index (χ0n) is 17.1. The Labute approximate surface area is 175 Å². The smallest absolute Gasteiger partial charge is 0.254 e. The van der Waals surface area contributed by atoms with Gasteiger partial charge in [-0.15, -0.1) is 0 Å². The maximum Gasteiger partial charge on any atom is 0.254 e. The SMILES string of the molecule is Cc1ccccc1-n1ncc(C(=O)NCCCOc2cccc3cccnc23)c1C. The molecule has 0 fully saturated rings. The van der Waals surface area contributed by atoms with Crippen LogP contribution < -0.4 is 10.1 Å². The summed E-state index contributed by atoms with van der Waals surface area (Å²) in [6.07, 6.45) is 4.07. The fraction of sp³-hybridized carbons (Fsp3) is 0.208. The molecule has 2 heterocycles. The summed E-state index contributed by atoms with van der Waals surface area (Å²) >= 11 is 0. The first-order valence-electron chi connectivity index (χ1n) is 10.0. The largest absolute Gasteiger partial charge is 0.491 e. The van der Waals surface area contributed by atoms with E-state index in [-0.39, 0.29) is 5.91 Å². The number of carbonyl (C=O) groups excluding carboxylic acids is 1. The van der Waals surface area contributed by atoms with Crippen LogP contribution in [0.15, 0.2) is 67.0 Å². The van der Waals surface area contributed by atoms with E-state index in [1.807, 2.05) is 68.4 Å². The van der Waals surface area contributed by atoms with Crippen molar-refractivity contribution in [2.24, 2.45) is 0 Å². The Balaban J connectivity index is 1.32. The molecule has 0 unspecified atom stereocenters. The normalized spacial score (nSPS) is 10.9. The third kappa shape index (κ3) is 4.03. The Bertz CT molecular complexity index is 1180. The topological polar surface area (TPSA) is 69.0 Å².